The minimum absolute atomic E-state index is 0.0656. The van der Waals surface area contributed by atoms with Gasteiger partial charge in [0.2, 0.25) is 5.91 Å². The van der Waals surface area contributed by atoms with Crippen LogP contribution in [0.3, 0.4) is 0 Å². The molecule has 0 fully saturated rings. The lowest BCUT2D eigenvalue weighted by Crippen LogP contribution is -2.39. The number of fused-ring (bicyclic) bond motifs is 1. The quantitative estimate of drug-likeness (QED) is 0.586. The Bertz CT molecular complexity index is 1080. The van der Waals surface area contributed by atoms with Crippen LogP contribution in [0.15, 0.2) is 78.9 Å². The average molecular weight is 428 g/mol. The Morgan fingerprint density at radius 2 is 1.59 bits per heavy atom. The number of amides is 2. The highest BCUT2D eigenvalue weighted by molar-refractivity contribution is 6.04. The smallest absolute Gasteiger partial charge is 0.255 e. The predicted octanol–water partition coefficient (Wildman–Crippen LogP) is 4.20. The SMILES string of the molecule is CN(C)c1ccc(CNC(=O)C2c3ccccc3C(=O)N2CCCc2ccccc2)cc1. The van der Waals surface area contributed by atoms with E-state index in [0.717, 1.165) is 29.7 Å². The largest absolute Gasteiger partial charge is 0.378 e. The number of nitrogens with zero attached hydrogens (tertiary/aromatic N) is 2. The van der Waals surface area contributed by atoms with E-state index < -0.39 is 6.04 Å². The second-order valence-electron chi connectivity index (χ2n) is 8.36. The molecular weight excluding hydrogens is 398 g/mol. The summed E-state index contributed by atoms with van der Waals surface area (Å²) in [5.41, 5.74) is 4.79. The molecule has 5 heteroatoms. The molecule has 4 rings (SSSR count). The number of hydrogen-bond acceptors (Lipinski definition) is 3. The fourth-order valence-corrected chi connectivity index (χ4v) is 4.18. The molecule has 0 spiro atoms. The third-order valence-corrected chi connectivity index (χ3v) is 5.93. The number of carbonyl (C=O) groups excluding carboxylic acids is 2. The van der Waals surface area contributed by atoms with Gasteiger partial charge in [-0.25, -0.2) is 0 Å². The molecule has 2 amide bonds. The van der Waals surface area contributed by atoms with E-state index in [1.165, 1.54) is 5.56 Å². The Morgan fingerprint density at radius 3 is 2.31 bits per heavy atom. The molecule has 0 radical (unpaired) electrons. The zero-order valence-electron chi connectivity index (χ0n) is 18.6. The van der Waals surface area contributed by atoms with Crippen molar-refractivity contribution in [2.45, 2.75) is 25.4 Å². The van der Waals surface area contributed by atoms with E-state index in [2.05, 4.69) is 17.4 Å². The van der Waals surface area contributed by atoms with Crippen molar-refractivity contribution in [1.29, 1.82) is 0 Å². The van der Waals surface area contributed by atoms with E-state index in [4.69, 9.17) is 0 Å². The van der Waals surface area contributed by atoms with Crippen molar-refractivity contribution in [1.82, 2.24) is 10.2 Å². The van der Waals surface area contributed by atoms with Crippen molar-refractivity contribution in [3.8, 4) is 0 Å². The highest BCUT2D eigenvalue weighted by Crippen LogP contribution is 2.34. The van der Waals surface area contributed by atoms with E-state index in [1.807, 2.05) is 85.7 Å². The number of rotatable bonds is 8. The third kappa shape index (κ3) is 4.67. The van der Waals surface area contributed by atoms with Gasteiger partial charge in [-0.05, 0) is 47.7 Å². The van der Waals surface area contributed by atoms with Gasteiger partial charge in [0.05, 0.1) is 0 Å². The first-order chi connectivity index (χ1) is 15.5. The van der Waals surface area contributed by atoms with Crippen LogP contribution in [0, 0.1) is 0 Å². The van der Waals surface area contributed by atoms with Crippen LogP contribution >= 0.6 is 0 Å². The van der Waals surface area contributed by atoms with Crippen LogP contribution in [-0.2, 0) is 17.8 Å². The summed E-state index contributed by atoms with van der Waals surface area (Å²) in [7, 11) is 4.00. The fraction of sp³-hybridized carbons (Fsp3) is 0.259. The maximum absolute atomic E-state index is 13.2. The van der Waals surface area contributed by atoms with Crippen LogP contribution < -0.4 is 10.2 Å². The van der Waals surface area contributed by atoms with Crippen LogP contribution in [0.4, 0.5) is 5.69 Å². The molecule has 0 aromatic heterocycles. The van der Waals surface area contributed by atoms with Gasteiger partial charge in [0.15, 0.2) is 0 Å². The van der Waals surface area contributed by atoms with Gasteiger partial charge in [-0.3, -0.25) is 9.59 Å². The van der Waals surface area contributed by atoms with Gasteiger partial charge in [-0.15, -0.1) is 0 Å². The highest BCUT2D eigenvalue weighted by atomic mass is 16.2. The molecule has 0 saturated carbocycles. The van der Waals surface area contributed by atoms with Gasteiger partial charge in [-0.1, -0.05) is 60.7 Å². The molecule has 32 heavy (non-hydrogen) atoms. The van der Waals surface area contributed by atoms with E-state index in [9.17, 15) is 9.59 Å². The second kappa shape index (κ2) is 9.69. The maximum atomic E-state index is 13.2. The summed E-state index contributed by atoms with van der Waals surface area (Å²) in [5, 5.41) is 3.04. The molecule has 3 aromatic carbocycles. The van der Waals surface area contributed by atoms with Crippen molar-refractivity contribution in [3.63, 3.8) is 0 Å². The van der Waals surface area contributed by atoms with E-state index in [0.29, 0.717) is 18.7 Å². The molecule has 164 valence electrons. The summed E-state index contributed by atoms with van der Waals surface area (Å²) in [4.78, 5) is 30.1. The molecule has 0 aliphatic carbocycles. The minimum Gasteiger partial charge on any atom is -0.378 e. The first-order valence-corrected chi connectivity index (χ1v) is 11.0. The van der Waals surface area contributed by atoms with E-state index in [-0.39, 0.29) is 11.8 Å². The Labute approximate surface area is 189 Å². The van der Waals surface area contributed by atoms with Crippen molar-refractivity contribution in [2.75, 3.05) is 25.5 Å². The van der Waals surface area contributed by atoms with Crippen molar-refractivity contribution in [3.05, 3.63) is 101 Å². The topological polar surface area (TPSA) is 52.7 Å². The van der Waals surface area contributed by atoms with Crippen LogP contribution in [-0.4, -0.2) is 37.4 Å². The Kier molecular flexibility index (Phi) is 6.55. The Balaban J connectivity index is 1.45. The van der Waals surface area contributed by atoms with Gasteiger partial charge >= 0.3 is 0 Å². The van der Waals surface area contributed by atoms with Crippen molar-refractivity contribution in [2.24, 2.45) is 0 Å². The summed E-state index contributed by atoms with van der Waals surface area (Å²) in [5.74, 6) is -0.205. The molecule has 1 aliphatic heterocycles. The third-order valence-electron chi connectivity index (χ3n) is 5.93. The normalized spacial score (nSPS) is 14.9. The zero-order chi connectivity index (χ0) is 22.5. The Hall–Kier alpha value is -3.60. The summed E-state index contributed by atoms with van der Waals surface area (Å²) in [6, 6.07) is 25.2. The summed E-state index contributed by atoms with van der Waals surface area (Å²) in [6.07, 6.45) is 1.67. The van der Waals surface area contributed by atoms with Crippen LogP contribution in [0.2, 0.25) is 0 Å². The monoisotopic (exact) mass is 427 g/mol. The standard InChI is InChI=1S/C27H29N3O2/c1-29(2)22-16-14-21(15-17-22)19-28-26(31)25-23-12-6-7-13-24(23)27(32)30(25)18-8-11-20-9-4-3-5-10-20/h3-7,9-10,12-17,25H,8,11,18-19H2,1-2H3,(H,28,31). The summed E-state index contributed by atoms with van der Waals surface area (Å²) < 4.78 is 0. The lowest BCUT2D eigenvalue weighted by molar-refractivity contribution is -0.125. The number of nitrogens with one attached hydrogen (secondary N) is 1. The van der Waals surface area contributed by atoms with Gasteiger partial charge in [0, 0.05) is 38.4 Å². The number of anilines is 1. The number of benzene rings is 3. The molecule has 1 N–H and O–H groups in total. The molecule has 0 bridgehead atoms. The fourth-order valence-electron chi connectivity index (χ4n) is 4.18. The van der Waals surface area contributed by atoms with Crippen molar-refractivity contribution >= 4 is 17.5 Å². The molecular formula is C27H29N3O2. The number of hydrogen-bond donors (Lipinski definition) is 1. The molecule has 1 heterocycles. The number of aryl methyl sites for hydroxylation is 1. The highest BCUT2D eigenvalue weighted by Gasteiger charge is 2.40. The summed E-state index contributed by atoms with van der Waals surface area (Å²) >= 11 is 0. The zero-order valence-corrected chi connectivity index (χ0v) is 18.6. The molecule has 1 atom stereocenters. The van der Waals surface area contributed by atoms with Gasteiger partial charge in [-0.2, -0.15) is 0 Å². The van der Waals surface area contributed by atoms with E-state index >= 15 is 0 Å². The predicted molar refractivity (Wildman–Crippen MR) is 128 cm³/mol. The molecule has 0 saturated heterocycles. The first kappa shape index (κ1) is 21.6. The molecule has 1 aliphatic rings. The number of carbonyl (C=O) groups is 2. The summed E-state index contributed by atoms with van der Waals surface area (Å²) in [6.45, 7) is 0.968. The lowest BCUT2D eigenvalue weighted by atomic mass is 10.0. The van der Waals surface area contributed by atoms with Gasteiger partial charge in [0.1, 0.15) is 6.04 Å². The molecule has 1 unspecified atom stereocenters. The van der Waals surface area contributed by atoms with Crippen molar-refractivity contribution < 1.29 is 9.59 Å². The molecule has 3 aromatic rings. The van der Waals surface area contributed by atoms with Gasteiger partial charge < -0.3 is 15.1 Å². The lowest BCUT2D eigenvalue weighted by Gasteiger charge is -2.25. The van der Waals surface area contributed by atoms with Gasteiger partial charge in [0.25, 0.3) is 5.91 Å². The second-order valence-corrected chi connectivity index (χ2v) is 8.36. The molecule has 5 nitrogen and oxygen atoms in total. The minimum atomic E-state index is -0.587. The average Bonchev–Trinajstić information content (AvgIpc) is 3.10. The van der Waals surface area contributed by atoms with Crippen LogP contribution in [0.25, 0.3) is 0 Å². The van der Waals surface area contributed by atoms with Crippen LogP contribution in [0.5, 0.6) is 0 Å². The first-order valence-electron chi connectivity index (χ1n) is 11.0. The Morgan fingerprint density at radius 1 is 0.906 bits per heavy atom. The van der Waals surface area contributed by atoms with Crippen LogP contribution in [0.1, 0.15) is 39.5 Å². The van der Waals surface area contributed by atoms with E-state index in [1.54, 1.807) is 4.90 Å². The maximum Gasteiger partial charge on any atom is 0.255 e.